The number of halogens is 2. The molecule has 0 aliphatic carbocycles. The predicted octanol–water partition coefficient (Wildman–Crippen LogP) is 3.29. The molecule has 106 valence electrons. The van der Waals surface area contributed by atoms with Crippen LogP contribution in [0.1, 0.15) is 10.4 Å². The van der Waals surface area contributed by atoms with E-state index in [-0.39, 0.29) is 18.1 Å². The average Bonchev–Trinajstić information content (AvgIpc) is 2.75. The van der Waals surface area contributed by atoms with Gasteiger partial charge in [-0.2, -0.15) is 4.68 Å². The van der Waals surface area contributed by atoms with E-state index in [1.165, 1.54) is 18.2 Å². The van der Waals surface area contributed by atoms with Crippen LogP contribution in [0.5, 0.6) is 0 Å². The highest BCUT2D eigenvalue weighted by molar-refractivity contribution is 6.30. The summed E-state index contributed by atoms with van der Waals surface area (Å²) in [6, 6.07) is 11.0. The second kappa shape index (κ2) is 5.18. The zero-order valence-corrected chi connectivity index (χ0v) is 11.6. The minimum absolute atomic E-state index is 0.104. The SMILES string of the molecule is Nc1nn(C(=O)Cc2cccc(Cl)c2)c2cc(F)ccc12. The average molecular weight is 304 g/mol. The van der Waals surface area contributed by atoms with Gasteiger partial charge < -0.3 is 5.73 Å². The van der Waals surface area contributed by atoms with E-state index in [1.807, 2.05) is 0 Å². The number of anilines is 1. The number of nitrogens with two attached hydrogens (primary N) is 1. The summed E-state index contributed by atoms with van der Waals surface area (Å²) in [7, 11) is 0. The highest BCUT2D eigenvalue weighted by atomic mass is 35.5. The van der Waals surface area contributed by atoms with Crippen molar-refractivity contribution in [3.8, 4) is 0 Å². The molecular weight excluding hydrogens is 293 g/mol. The van der Waals surface area contributed by atoms with Crippen molar-refractivity contribution in [2.45, 2.75) is 6.42 Å². The van der Waals surface area contributed by atoms with Crippen molar-refractivity contribution in [3.05, 3.63) is 58.9 Å². The van der Waals surface area contributed by atoms with Crippen LogP contribution in [0.4, 0.5) is 10.2 Å². The minimum atomic E-state index is -0.445. The van der Waals surface area contributed by atoms with Gasteiger partial charge in [0.1, 0.15) is 5.82 Å². The molecule has 1 aromatic heterocycles. The summed E-state index contributed by atoms with van der Waals surface area (Å²) in [6.07, 6.45) is 0.104. The first-order chi connectivity index (χ1) is 10.0. The van der Waals surface area contributed by atoms with E-state index in [4.69, 9.17) is 17.3 Å². The molecule has 2 N–H and O–H groups in total. The first kappa shape index (κ1) is 13.6. The molecule has 1 heterocycles. The van der Waals surface area contributed by atoms with Crippen molar-refractivity contribution in [1.29, 1.82) is 0 Å². The van der Waals surface area contributed by atoms with Crippen molar-refractivity contribution in [2.75, 3.05) is 5.73 Å². The number of nitrogen functional groups attached to an aromatic ring is 1. The van der Waals surface area contributed by atoms with Crippen LogP contribution in [0, 0.1) is 5.82 Å². The molecule has 0 fully saturated rings. The van der Waals surface area contributed by atoms with Crippen LogP contribution in [0.25, 0.3) is 10.9 Å². The number of rotatable bonds is 2. The Morgan fingerprint density at radius 1 is 1.29 bits per heavy atom. The van der Waals surface area contributed by atoms with Crippen LogP contribution in [0.2, 0.25) is 5.02 Å². The molecule has 0 bridgehead atoms. The lowest BCUT2D eigenvalue weighted by molar-refractivity contribution is 0.0904. The Morgan fingerprint density at radius 3 is 2.86 bits per heavy atom. The molecule has 0 unspecified atom stereocenters. The van der Waals surface area contributed by atoms with Crippen LogP contribution in [0.15, 0.2) is 42.5 Å². The molecule has 4 nitrogen and oxygen atoms in total. The fourth-order valence-corrected chi connectivity index (χ4v) is 2.41. The van der Waals surface area contributed by atoms with Crippen molar-refractivity contribution >= 4 is 34.2 Å². The third kappa shape index (κ3) is 2.60. The highest BCUT2D eigenvalue weighted by Crippen LogP contribution is 2.22. The van der Waals surface area contributed by atoms with Crippen LogP contribution < -0.4 is 5.73 Å². The van der Waals surface area contributed by atoms with Gasteiger partial charge in [-0.1, -0.05) is 23.7 Å². The lowest BCUT2D eigenvalue weighted by atomic mass is 10.1. The Labute approximate surface area is 124 Å². The summed E-state index contributed by atoms with van der Waals surface area (Å²) >= 11 is 5.89. The van der Waals surface area contributed by atoms with Crippen LogP contribution in [0.3, 0.4) is 0 Å². The summed E-state index contributed by atoms with van der Waals surface area (Å²) in [4.78, 5) is 12.3. The number of carbonyl (C=O) groups is 1. The first-order valence-corrected chi connectivity index (χ1v) is 6.64. The van der Waals surface area contributed by atoms with Crippen molar-refractivity contribution in [2.24, 2.45) is 0 Å². The molecule has 0 aliphatic heterocycles. The normalized spacial score (nSPS) is 11.0. The van der Waals surface area contributed by atoms with E-state index in [2.05, 4.69) is 5.10 Å². The molecule has 0 spiro atoms. The lowest BCUT2D eigenvalue weighted by Crippen LogP contribution is -2.15. The second-order valence-electron chi connectivity index (χ2n) is 4.66. The first-order valence-electron chi connectivity index (χ1n) is 6.26. The number of aromatic nitrogens is 2. The fraction of sp³-hybridized carbons (Fsp3) is 0.0667. The van der Waals surface area contributed by atoms with Gasteiger partial charge in [0.25, 0.3) is 5.91 Å². The quantitative estimate of drug-likeness (QED) is 0.790. The van der Waals surface area contributed by atoms with Gasteiger partial charge in [0.2, 0.25) is 0 Å². The molecule has 3 aromatic rings. The van der Waals surface area contributed by atoms with Gasteiger partial charge in [-0.25, -0.2) is 4.39 Å². The van der Waals surface area contributed by atoms with E-state index >= 15 is 0 Å². The maximum atomic E-state index is 13.4. The maximum absolute atomic E-state index is 13.4. The van der Waals surface area contributed by atoms with Crippen molar-refractivity contribution < 1.29 is 9.18 Å². The molecule has 0 radical (unpaired) electrons. The molecule has 21 heavy (non-hydrogen) atoms. The molecule has 0 atom stereocenters. The van der Waals surface area contributed by atoms with Gasteiger partial charge in [0.15, 0.2) is 5.82 Å². The number of hydrogen-bond acceptors (Lipinski definition) is 3. The molecule has 0 saturated carbocycles. The number of hydrogen-bond donors (Lipinski definition) is 1. The maximum Gasteiger partial charge on any atom is 0.251 e. The molecule has 0 aliphatic rings. The van der Waals surface area contributed by atoms with E-state index in [0.717, 1.165) is 10.2 Å². The van der Waals surface area contributed by atoms with E-state index in [9.17, 15) is 9.18 Å². The summed E-state index contributed by atoms with van der Waals surface area (Å²) in [5.74, 6) is -0.548. The van der Waals surface area contributed by atoms with Gasteiger partial charge in [-0.15, -0.1) is 5.10 Å². The summed E-state index contributed by atoms with van der Waals surface area (Å²) < 4.78 is 14.5. The zero-order chi connectivity index (χ0) is 15.0. The largest absolute Gasteiger partial charge is 0.382 e. The minimum Gasteiger partial charge on any atom is -0.382 e. The van der Waals surface area contributed by atoms with Crippen molar-refractivity contribution in [1.82, 2.24) is 9.78 Å². The number of carbonyl (C=O) groups excluding carboxylic acids is 1. The highest BCUT2D eigenvalue weighted by Gasteiger charge is 2.15. The van der Waals surface area contributed by atoms with Crippen LogP contribution in [-0.4, -0.2) is 15.7 Å². The monoisotopic (exact) mass is 303 g/mol. The second-order valence-corrected chi connectivity index (χ2v) is 5.10. The fourth-order valence-electron chi connectivity index (χ4n) is 2.20. The summed E-state index contributed by atoms with van der Waals surface area (Å²) in [5, 5.41) is 5.10. The number of benzene rings is 2. The van der Waals surface area contributed by atoms with Crippen LogP contribution in [-0.2, 0) is 6.42 Å². The molecule has 0 amide bonds. The molecule has 2 aromatic carbocycles. The van der Waals surface area contributed by atoms with Crippen LogP contribution >= 0.6 is 11.6 Å². The molecular formula is C15H11ClFN3O. The van der Waals surface area contributed by atoms with E-state index in [0.29, 0.717) is 15.9 Å². The Hall–Kier alpha value is -2.40. The van der Waals surface area contributed by atoms with Gasteiger partial charge in [0, 0.05) is 16.5 Å². The third-order valence-electron chi connectivity index (χ3n) is 3.15. The topological polar surface area (TPSA) is 60.9 Å². The Kier molecular flexibility index (Phi) is 3.35. The molecule has 6 heteroatoms. The number of fused-ring (bicyclic) bond motifs is 1. The Balaban J connectivity index is 2.00. The van der Waals surface area contributed by atoms with Crippen molar-refractivity contribution in [3.63, 3.8) is 0 Å². The molecule has 3 rings (SSSR count). The summed E-state index contributed by atoms with van der Waals surface area (Å²) in [6.45, 7) is 0. The molecule has 0 saturated heterocycles. The zero-order valence-electron chi connectivity index (χ0n) is 10.9. The van der Waals surface area contributed by atoms with Gasteiger partial charge in [0.05, 0.1) is 11.9 Å². The van der Waals surface area contributed by atoms with Gasteiger partial charge in [-0.3, -0.25) is 4.79 Å². The lowest BCUT2D eigenvalue weighted by Gasteiger charge is -2.03. The smallest absolute Gasteiger partial charge is 0.251 e. The standard InChI is InChI=1S/C15H11ClFN3O/c16-10-3-1-2-9(6-10)7-14(21)20-13-8-11(17)4-5-12(13)15(18)19-20/h1-6,8H,7H2,(H2,18,19). The summed E-state index contributed by atoms with van der Waals surface area (Å²) in [5.41, 5.74) is 6.87. The number of nitrogens with zero attached hydrogens (tertiary/aromatic N) is 2. The third-order valence-corrected chi connectivity index (χ3v) is 3.39. The predicted molar refractivity (Wildman–Crippen MR) is 79.9 cm³/mol. The Bertz CT molecular complexity index is 844. The van der Waals surface area contributed by atoms with E-state index in [1.54, 1.807) is 24.3 Å². The van der Waals surface area contributed by atoms with Gasteiger partial charge >= 0.3 is 0 Å². The Morgan fingerprint density at radius 2 is 2.10 bits per heavy atom. The van der Waals surface area contributed by atoms with Gasteiger partial charge in [-0.05, 0) is 29.8 Å². The van der Waals surface area contributed by atoms with E-state index < -0.39 is 5.82 Å².